The van der Waals surface area contributed by atoms with Gasteiger partial charge >= 0.3 is 11.9 Å². The van der Waals surface area contributed by atoms with Crippen LogP contribution in [0.3, 0.4) is 0 Å². The molecule has 1 atom stereocenters. The first-order valence-corrected chi connectivity index (χ1v) is 9.63. The first kappa shape index (κ1) is 23.8. The third-order valence-electron chi connectivity index (χ3n) is 3.78. The van der Waals surface area contributed by atoms with E-state index in [0.29, 0.717) is 28.8 Å². The summed E-state index contributed by atoms with van der Waals surface area (Å²) in [7, 11) is 1.59. The number of aliphatic imine (C=N–C) groups is 1. The number of hydrogen-bond acceptors (Lipinski definition) is 8. The molecule has 0 saturated carbocycles. The van der Waals surface area contributed by atoms with E-state index in [4.69, 9.17) is 14.2 Å². The Morgan fingerprint density at radius 2 is 1.79 bits per heavy atom. The summed E-state index contributed by atoms with van der Waals surface area (Å²) in [6.45, 7) is 5.93. The number of carbonyl (C=O) groups is 2. The van der Waals surface area contributed by atoms with E-state index in [1.807, 2.05) is 24.3 Å². The average molecular weight is 429 g/mol. The molecule has 0 radical (unpaired) electrons. The quantitative estimate of drug-likeness (QED) is 0.667. The molecule has 0 amide bonds. The zero-order chi connectivity index (χ0) is 19.8. The van der Waals surface area contributed by atoms with Crippen molar-refractivity contribution in [1.82, 2.24) is 5.32 Å². The van der Waals surface area contributed by atoms with Gasteiger partial charge in [0.05, 0.1) is 31.6 Å². The number of ether oxygens (including phenoxy) is 3. The fourth-order valence-electron chi connectivity index (χ4n) is 2.55. The first-order chi connectivity index (χ1) is 13.0. The second kappa shape index (κ2) is 11.6. The van der Waals surface area contributed by atoms with Crippen molar-refractivity contribution in [3.63, 3.8) is 0 Å². The predicted molar refractivity (Wildman–Crippen MR) is 112 cm³/mol. The number of benzene rings is 1. The molecule has 0 aromatic heterocycles. The molecule has 1 aliphatic heterocycles. The number of hydrogen-bond donors (Lipinski definition) is 1. The third-order valence-corrected chi connectivity index (χ3v) is 4.64. The topological polar surface area (TPSA) is 86.2 Å². The Hall–Kier alpha value is -2.19. The largest absolute Gasteiger partial charge is 0.497 e. The van der Waals surface area contributed by atoms with Crippen LogP contribution in [0.15, 0.2) is 40.5 Å². The normalized spacial score (nSPS) is 15.7. The highest BCUT2D eigenvalue weighted by Crippen LogP contribution is 2.33. The molecule has 1 N–H and O–H groups in total. The van der Waals surface area contributed by atoms with Crippen LogP contribution >= 0.6 is 24.2 Å². The molecule has 1 unspecified atom stereocenters. The van der Waals surface area contributed by atoms with E-state index < -0.39 is 12.0 Å². The number of esters is 2. The summed E-state index contributed by atoms with van der Waals surface area (Å²) in [5.41, 5.74) is 1.92. The van der Waals surface area contributed by atoms with Crippen LogP contribution in [0.2, 0.25) is 0 Å². The van der Waals surface area contributed by atoms with E-state index in [0.717, 1.165) is 5.56 Å². The molecule has 9 heteroatoms. The summed E-state index contributed by atoms with van der Waals surface area (Å²) >= 11 is 1.24. The van der Waals surface area contributed by atoms with Crippen LogP contribution < -0.4 is 10.1 Å². The van der Waals surface area contributed by atoms with Gasteiger partial charge in [0.25, 0.3) is 0 Å². The minimum atomic E-state index is -0.527. The molecule has 0 bridgehead atoms. The van der Waals surface area contributed by atoms with Crippen LogP contribution in [0, 0.1) is 0 Å². The van der Waals surface area contributed by atoms with Gasteiger partial charge in [-0.15, -0.1) is 12.4 Å². The molecule has 1 aromatic carbocycles. The molecule has 0 fully saturated rings. The van der Waals surface area contributed by atoms with E-state index >= 15 is 0 Å². The maximum atomic E-state index is 12.5. The maximum absolute atomic E-state index is 12.5. The van der Waals surface area contributed by atoms with Gasteiger partial charge in [-0.05, 0) is 38.5 Å². The van der Waals surface area contributed by atoms with E-state index in [1.165, 1.54) is 11.8 Å². The van der Waals surface area contributed by atoms with E-state index in [-0.39, 0.29) is 30.7 Å². The van der Waals surface area contributed by atoms with Crippen molar-refractivity contribution in [2.75, 3.05) is 26.1 Å². The SMILES string of the molecule is CCOC(=O)CSC1=NC(c2ccc(OC)cc2)C(C(=O)OCC)=C(C)N1.Cl. The Balaban J connectivity index is 0.00000392. The van der Waals surface area contributed by atoms with Gasteiger partial charge in [0, 0.05) is 5.70 Å². The summed E-state index contributed by atoms with van der Waals surface area (Å²) < 4.78 is 15.3. The van der Waals surface area contributed by atoms with Gasteiger partial charge in [-0.3, -0.25) is 4.79 Å². The number of rotatable bonds is 7. The number of amidine groups is 1. The lowest BCUT2D eigenvalue weighted by Crippen LogP contribution is -2.31. The van der Waals surface area contributed by atoms with Crippen molar-refractivity contribution >= 4 is 41.3 Å². The van der Waals surface area contributed by atoms with Gasteiger partial charge < -0.3 is 19.5 Å². The van der Waals surface area contributed by atoms with Crippen molar-refractivity contribution in [2.24, 2.45) is 4.99 Å². The molecule has 28 heavy (non-hydrogen) atoms. The monoisotopic (exact) mass is 428 g/mol. The predicted octanol–water partition coefficient (Wildman–Crippen LogP) is 3.25. The van der Waals surface area contributed by atoms with Gasteiger partial charge in [0.2, 0.25) is 0 Å². The van der Waals surface area contributed by atoms with Gasteiger partial charge in [0.15, 0.2) is 5.17 Å². The second-order valence-corrected chi connectivity index (χ2v) is 6.55. The number of halogens is 1. The van der Waals surface area contributed by atoms with Gasteiger partial charge in [-0.25, -0.2) is 9.79 Å². The average Bonchev–Trinajstić information content (AvgIpc) is 2.66. The fraction of sp³-hybridized carbons (Fsp3) is 0.421. The molecule has 2 rings (SSSR count). The number of carbonyl (C=O) groups excluding carboxylic acids is 2. The first-order valence-electron chi connectivity index (χ1n) is 8.65. The minimum absolute atomic E-state index is 0. The van der Waals surface area contributed by atoms with Gasteiger partial charge in [-0.1, -0.05) is 23.9 Å². The van der Waals surface area contributed by atoms with E-state index in [1.54, 1.807) is 27.9 Å². The Kier molecular flexibility index (Phi) is 9.89. The molecule has 1 heterocycles. The lowest BCUT2D eigenvalue weighted by atomic mass is 9.96. The second-order valence-electron chi connectivity index (χ2n) is 5.59. The Labute approximate surface area is 175 Å². The molecular formula is C19H25ClN2O5S. The standard InChI is InChI=1S/C19H24N2O5S.ClH/c1-5-25-15(22)11-27-19-20-12(3)16(18(23)26-6-2)17(21-19)13-7-9-14(24-4)10-8-13;/h7-10,17H,5-6,11H2,1-4H3,(H,20,21);1H. The van der Waals surface area contributed by atoms with Crippen LogP contribution in [-0.4, -0.2) is 43.2 Å². The molecule has 1 aromatic rings. The summed E-state index contributed by atoms with van der Waals surface area (Å²) in [4.78, 5) is 28.7. The smallest absolute Gasteiger partial charge is 0.338 e. The summed E-state index contributed by atoms with van der Waals surface area (Å²) in [5, 5.41) is 3.64. The van der Waals surface area contributed by atoms with Crippen LogP contribution in [0.25, 0.3) is 0 Å². The van der Waals surface area contributed by atoms with Crippen LogP contribution in [0.4, 0.5) is 0 Å². The Bertz CT molecular complexity index is 749. The van der Waals surface area contributed by atoms with Crippen molar-refractivity contribution in [1.29, 1.82) is 0 Å². The van der Waals surface area contributed by atoms with Crippen LogP contribution in [0.5, 0.6) is 5.75 Å². The molecule has 0 aliphatic carbocycles. The zero-order valence-corrected chi connectivity index (χ0v) is 17.9. The minimum Gasteiger partial charge on any atom is -0.497 e. The Morgan fingerprint density at radius 1 is 1.14 bits per heavy atom. The van der Waals surface area contributed by atoms with Crippen LogP contribution in [-0.2, 0) is 19.1 Å². The van der Waals surface area contributed by atoms with Crippen molar-refractivity contribution < 1.29 is 23.8 Å². The maximum Gasteiger partial charge on any atom is 0.338 e. The molecule has 0 spiro atoms. The number of nitrogens with one attached hydrogen (secondary N) is 1. The number of thioether (sulfide) groups is 1. The van der Waals surface area contributed by atoms with Gasteiger partial charge in [-0.2, -0.15) is 0 Å². The third kappa shape index (κ3) is 6.17. The summed E-state index contributed by atoms with van der Waals surface area (Å²) in [6.07, 6.45) is 0. The number of methoxy groups -OCH3 is 1. The number of allylic oxidation sites excluding steroid dienone is 1. The van der Waals surface area contributed by atoms with E-state index in [2.05, 4.69) is 10.3 Å². The molecule has 1 aliphatic rings. The molecular weight excluding hydrogens is 404 g/mol. The number of nitrogens with zero attached hydrogens (tertiary/aromatic N) is 1. The fourth-order valence-corrected chi connectivity index (χ4v) is 3.29. The van der Waals surface area contributed by atoms with Crippen molar-refractivity contribution in [3.8, 4) is 5.75 Å². The highest BCUT2D eigenvalue weighted by Gasteiger charge is 2.30. The van der Waals surface area contributed by atoms with Gasteiger partial charge in [0.1, 0.15) is 11.8 Å². The summed E-state index contributed by atoms with van der Waals surface area (Å²) in [5.74, 6) is 0.121. The Morgan fingerprint density at radius 3 is 2.36 bits per heavy atom. The van der Waals surface area contributed by atoms with Crippen molar-refractivity contribution in [2.45, 2.75) is 26.8 Å². The zero-order valence-electron chi connectivity index (χ0n) is 16.3. The van der Waals surface area contributed by atoms with Crippen LogP contribution in [0.1, 0.15) is 32.4 Å². The molecule has 7 nitrogen and oxygen atoms in total. The van der Waals surface area contributed by atoms with Crippen molar-refractivity contribution in [3.05, 3.63) is 41.1 Å². The lowest BCUT2D eigenvalue weighted by molar-refractivity contribution is -0.140. The summed E-state index contributed by atoms with van der Waals surface area (Å²) in [6, 6.07) is 6.82. The highest BCUT2D eigenvalue weighted by molar-refractivity contribution is 8.14. The lowest BCUT2D eigenvalue weighted by Gasteiger charge is -2.25. The van der Waals surface area contributed by atoms with E-state index in [9.17, 15) is 9.59 Å². The molecule has 0 saturated heterocycles. The molecule has 154 valence electrons. The highest BCUT2D eigenvalue weighted by atomic mass is 35.5.